The fraction of sp³-hybridized carbons (Fsp3) is 0.933. The molecule has 104 valence electrons. The normalized spacial score (nSPS) is 28.7. The first kappa shape index (κ1) is 13.9. The van der Waals surface area contributed by atoms with Gasteiger partial charge in [0.25, 0.3) is 0 Å². The Kier molecular flexibility index (Phi) is 5.48. The van der Waals surface area contributed by atoms with E-state index in [2.05, 4.69) is 5.32 Å². The molecule has 0 saturated heterocycles. The molecule has 2 saturated carbocycles. The van der Waals surface area contributed by atoms with Crippen LogP contribution >= 0.6 is 0 Å². The molecule has 0 aromatic carbocycles. The molecule has 2 rings (SSSR count). The topological polar surface area (TPSA) is 49.3 Å². The molecule has 2 aliphatic carbocycles. The van der Waals surface area contributed by atoms with Crippen LogP contribution < -0.4 is 5.32 Å². The van der Waals surface area contributed by atoms with E-state index in [0.717, 1.165) is 31.6 Å². The molecule has 0 heterocycles. The van der Waals surface area contributed by atoms with Crippen molar-refractivity contribution >= 4 is 5.91 Å². The van der Waals surface area contributed by atoms with E-state index in [4.69, 9.17) is 0 Å². The minimum atomic E-state index is -0.191. The third-order valence-electron chi connectivity index (χ3n) is 4.67. The van der Waals surface area contributed by atoms with Crippen LogP contribution in [0.25, 0.3) is 0 Å². The lowest BCUT2D eigenvalue weighted by Gasteiger charge is -2.15. The molecule has 3 nitrogen and oxygen atoms in total. The van der Waals surface area contributed by atoms with E-state index >= 15 is 0 Å². The summed E-state index contributed by atoms with van der Waals surface area (Å²) < 4.78 is 0. The lowest BCUT2D eigenvalue weighted by atomic mass is 10.0. The van der Waals surface area contributed by atoms with Gasteiger partial charge >= 0.3 is 0 Å². The van der Waals surface area contributed by atoms with Crippen LogP contribution in [-0.4, -0.2) is 23.7 Å². The summed E-state index contributed by atoms with van der Waals surface area (Å²) in [4.78, 5) is 11.7. The van der Waals surface area contributed by atoms with Crippen molar-refractivity contribution in [3.63, 3.8) is 0 Å². The van der Waals surface area contributed by atoms with Crippen LogP contribution in [0.5, 0.6) is 0 Å². The molecule has 0 bridgehead atoms. The van der Waals surface area contributed by atoms with E-state index in [-0.39, 0.29) is 12.0 Å². The number of amides is 1. The highest BCUT2D eigenvalue weighted by molar-refractivity contribution is 5.75. The van der Waals surface area contributed by atoms with Crippen LogP contribution in [0, 0.1) is 11.8 Å². The Morgan fingerprint density at radius 1 is 1.11 bits per heavy atom. The molecule has 2 unspecified atom stereocenters. The number of aliphatic hydroxyl groups is 1. The van der Waals surface area contributed by atoms with Gasteiger partial charge in [-0.15, -0.1) is 0 Å². The SMILES string of the molecule is O=C(CCCC1CCCC1)NCC1CCCC1O. The van der Waals surface area contributed by atoms with E-state index in [1.54, 1.807) is 0 Å². The van der Waals surface area contributed by atoms with Gasteiger partial charge in [-0.05, 0) is 31.6 Å². The Bertz CT molecular complexity index is 261. The van der Waals surface area contributed by atoms with E-state index in [0.29, 0.717) is 18.9 Å². The highest BCUT2D eigenvalue weighted by Crippen LogP contribution is 2.29. The van der Waals surface area contributed by atoms with Crippen LogP contribution in [0.1, 0.15) is 64.2 Å². The monoisotopic (exact) mass is 253 g/mol. The molecule has 2 aliphatic rings. The van der Waals surface area contributed by atoms with Gasteiger partial charge in [-0.1, -0.05) is 32.1 Å². The molecule has 2 fully saturated rings. The summed E-state index contributed by atoms with van der Waals surface area (Å²) in [5.41, 5.74) is 0. The quantitative estimate of drug-likeness (QED) is 0.764. The second kappa shape index (κ2) is 7.13. The van der Waals surface area contributed by atoms with Crippen molar-refractivity contribution in [3.8, 4) is 0 Å². The van der Waals surface area contributed by atoms with Gasteiger partial charge < -0.3 is 10.4 Å². The van der Waals surface area contributed by atoms with Gasteiger partial charge in [0.2, 0.25) is 5.91 Å². The number of carbonyl (C=O) groups excluding carboxylic acids is 1. The van der Waals surface area contributed by atoms with Crippen molar-refractivity contribution in [1.82, 2.24) is 5.32 Å². The molecule has 2 N–H and O–H groups in total. The Balaban J connectivity index is 1.52. The molecule has 18 heavy (non-hydrogen) atoms. The Morgan fingerprint density at radius 3 is 2.56 bits per heavy atom. The zero-order chi connectivity index (χ0) is 12.8. The summed E-state index contributed by atoms with van der Waals surface area (Å²) >= 11 is 0. The smallest absolute Gasteiger partial charge is 0.220 e. The minimum Gasteiger partial charge on any atom is -0.393 e. The highest BCUT2D eigenvalue weighted by atomic mass is 16.3. The Morgan fingerprint density at radius 2 is 1.89 bits per heavy atom. The third-order valence-corrected chi connectivity index (χ3v) is 4.67. The molecule has 0 aromatic rings. The second-order valence-corrected chi connectivity index (χ2v) is 6.11. The second-order valence-electron chi connectivity index (χ2n) is 6.11. The fourth-order valence-electron chi connectivity index (χ4n) is 3.44. The van der Waals surface area contributed by atoms with Gasteiger partial charge in [-0.2, -0.15) is 0 Å². The van der Waals surface area contributed by atoms with E-state index < -0.39 is 0 Å². The maximum absolute atomic E-state index is 11.7. The first-order valence-electron chi connectivity index (χ1n) is 7.70. The van der Waals surface area contributed by atoms with E-state index in [1.807, 2.05) is 0 Å². The van der Waals surface area contributed by atoms with Crippen LogP contribution in [0.4, 0.5) is 0 Å². The summed E-state index contributed by atoms with van der Waals surface area (Å²) in [5, 5.41) is 12.7. The van der Waals surface area contributed by atoms with Gasteiger partial charge in [0.15, 0.2) is 0 Å². The van der Waals surface area contributed by atoms with Gasteiger partial charge in [0.05, 0.1) is 6.10 Å². The number of aliphatic hydroxyl groups excluding tert-OH is 1. The zero-order valence-corrected chi connectivity index (χ0v) is 11.4. The molecule has 2 atom stereocenters. The molecule has 1 amide bonds. The van der Waals surface area contributed by atoms with Crippen LogP contribution in [0.3, 0.4) is 0 Å². The molecular weight excluding hydrogens is 226 g/mol. The van der Waals surface area contributed by atoms with Gasteiger partial charge in [-0.25, -0.2) is 0 Å². The molecule has 3 heteroatoms. The highest BCUT2D eigenvalue weighted by Gasteiger charge is 2.25. The molecule has 0 radical (unpaired) electrons. The zero-order valence-electron chi connectivity index (χ0n) is 11.4. The predicted molar refractivity (Wildman–Crippen MR) is 72.2 cm³/mol. The van der Waals surface area contributed by atoms with Crippen molar-refractivity contribution in [2.24, 2.45) is 11.8 Å². The lowest BCUT2D eigenvalue weighted by Crippen LogP contribution is -2.32. The first-order valence-corrected chi connectivity index (χ1v) is 7.70. The Hall–Kier alpha value is -0.570. The summed E-state index contributed by atoms with van der Waals surface area (Å²) in [6.45, 7) is 0.670. The van der Waals surface area contributed by atoms with Crippen molar-refractivity contribution in [3.05, 3.63) is 0 Å². The maximum Gasteiger partial charge on any atom is 0.220 e. The first-order chi connectivity index (χ1) is 8.75. The average Bonchev–Trinajstić information content (AvgIpc) is 2.98. The summed E-state index contributed by atoms with van der Waals surface area (Å²) in [7, 11) is 0. The van der Waals surface area contributed by atoms with Crippen molar-refractivity contribution < 1.29 is 9.90 Å². The molecule has 0 spiro atoms. The molecular formula is C15H27NO2. The molecule has 0 aromatic heterocycles. The summed E-state index contributed by atoms with van der Waals surface area (Å²) in [6.07, 6.45) is 11.3. The number of nitrogens with one attached hydrogen (secondary N) is 1. The van der Waals surface area contributed by atoms with E-state index in [1.165, 1.54) is 32.1 Å². The van der Waals surface area contributed by atoms with Gasteiger partial charge in [0.1, 0.15) is 0 Å². The Labute approximate surface area is 110 Å². The summed E-state index contributed by atoms with van der Waals surface area (Å²) in [6, 6.07) is 0. The number of carbonyl (C=O) groups is 1. The standard InChI is InChI=1S/C15H27NO2/c17-14-9-4-8-13(14)11-16-15(18)10-3-7-12-5-1-2-6-12/h12-14,17H,1-11H2,(H,16,18). The van der Waals surface area contributed by atoms with Crippen molar-refractivity contribution in [2.75, 3.05) is 6.54 Å². The minimum absolute atomic E-state index is 0.173. The van der Waals surface area contributed by atoms with Gasteiger partial charge in [-0.3, -0.25) is 4.79 Å². The van der Waals surface area contributed by atoms with Crippen LogP contribution in [0.2, 0.25) is 0 Å². The van der Waals surface area contributed by atoms with E-state index in [9.17, 15) is 9.90 Å². The predicted octanol–water partition coefficient (Wildman–Crippen LogP) is 2.62. The van der Waals surface area contributed by atoms with Crippen molar-refractivity contribution in [1.29, 1.82) is 0 Å². The van der Waals surface area contributed by atoms with Crippen molar-refractivity contribution in [2.45, 2.75) is 70.3 Å². The third kappa shape index (κ3) is 4.27. The summed E-state index contributed by atoms with van der Waals surface area (Å²) in [5.74, 6) is 1.35. The van der Waals surface area contributed by atoms with Crippen LogP contribution in [-0.2, 0) is 4.79 Å². The number of rotatable bonds is 6. The van der Waals surface area contributed by atoms with Gasteiger partial charge in [0, 0.05) is 18.9 Å². The van der Waals surface area contributed by atoms with Crippen LogP contribution in [0.15, 0.2) is 0 Å². The fourth-order valence-corrected chi connectivity index (χ4v) is 3.44. The number of hydrogen-bond donors (Lipinski definition) is 2. The number of hydrogen-bond acceptors (Lipinski definition) is 2. The molecule has 0 aliphatic heterocycles. The lowest BCUT2D eigenvalue weighted by molar-refractivity contribution is -0.121. The average molecular weight is 253 g/mol. The maximum atomic E-state index is 11.7. The largest absolute Gasteiger partial charge is 0.393 e.